The number of methoxy groups -OCH3 is 1. The zero-order valence-corrected chi connectivity index (χ0v) is 12.1. The molecule has 0 aromatic heterocycles. The van der Waals surface area contributed by atoms with Crippen molar-refractivity contribution in [1.82, 2.24) is 10.6 Å². The number of rotatable bonds is 6. The molecule has 1 aliphatic heterocycles. The van der Waals surface area contributed by atoms with Crippen molar-refractivity contribution in [3.8, 4) is 5.75 Å². The third kappa shape index (κ3) is 3.95. The van der Waals surface area contributed by atoms with Gasteiger partial charge in [0.05, 0.1) is 7.11 Å². The van der Waals surface area contributed by atoms with Gasteiger partial charge in [0, 0.05) is 11.6 Å². The molecular formula is C16H26N2O. The lowest BCUT2D eigenvalue weighted by Crippen LogP contribution is -2.35. The molecule has 0 bridgehead atoms. The molecule has 106 valence electrons. The summed E-state index contributed by atoms with van der Waals surface area (Å²) in [5.74, 6) is 1.80. The van der Waals surface area contributed by atoms with Crippen molar-refractivity contribution in [3.63, 3.8) is 0 Å². The van der Waals surface area contributed by atoms with E-state index >= 15 is 0 Å². The van der Waals surface area contributed by atoms with Crippen molar-refractivity contribution >= 4 is 0 Å². The van der Waals surface area contributed by atoms with E-state index in [0.717, 1.165) is 37.7 Å². The Morgan fingerprint density at radius 2 is 2.05 bits per heavy atom. The SMILES string of the molecule is CCC(NCC1CCNCC1)c1ccccc1OC. The van der Waals surface area contributed by atoms with Crippen molar-refractivity contribution in [2.45, 2.75) is 32.2 Å². The van der Waals surface area contributed by atoms with Gasteiger partial charge in [-0.2, -0.15) is 0 Å². The molecule has 3 heteroatoms. The molecule has 1 atom stereocenters. The molecule has 0 aliphatic carbocycles. The van der Waals surface area contributed by atoms with Gasteiger partial charge in [-0.25, -0.2) is 0 Å². The van der Waals surface area contributed by atoms with Crippen LogP contribution in [0.15, 0.2) is 24.3 Å². The number of benzene rings is 1. The van der Waals surface area contributed by atoms with Gasteiger partial charge >= 0.3 is 0 Å². The van der Waals surface area contributed by atoms with Crippen LogP contribution < -0.4 is 15.4 Å². The molecular weight excluding hydrogens is 236 g/mol. The molecule has 19 heavy (non-hydrogen) atoms. The average Bonchev–Trinajstić information content (AvgIpc) is 2.49. The molecule has 2 rings (SSSR count). The molecule has 1 aromatic carbocycles. The van der Waals surface area contributed by atoms with Crippen molar-refractivity contribution in [2.24, 2.45) is 5.92 Å². The van der Waals surface area contributed by atoms with Gasteiger partial charge < -0.3 is 15.4 Å². The lowest BCUT2D eigenvalue weighted by molar-refractivity contribution is 0.333. The second kappa shape index (κ2) is 7.51. The summed E-state index contributed by atoms with van der Waals surface area (Å²) >= 11 is 0. The third-order valence-corrected chi connectivity index (χ3v) is 4.03. The highest BCUT2D eigenvalue weighted by Gasteiger charge is 2.17. The van der Waals surface area contributed by atoms with Gasteiger partial charge in [-0.15, -0.1) is 0 Å². The summed E-state index contributed by atoms with van der Waals surface area (Å²) in [4.78, 5) is 0. The van der Waals surface area contributed by atoms with Crippen LogP contribution in [0.2, 0.25) is 0 Å². The zero-order chi connectivity index (χ0) is 13.5. The van der Waals surface area contributed by atoms with Gasteiger partial charge in [0.25, 0.3) is 0 Å². The largest absolute Gasteiger partial charge is 0.496 e. The molecule has 0 radical (unpaired) electrons. The van der Waals surface area contributed by atoms with E-state index in [1.54, 1.807) is 7.11 Å². The minimum atomic E-state index is 0.394. The first-order chi connectivity index (χ1) is 9.35. The molecule has 2 N–H and O–H groups in total. The second-order valence-corrected chi connectivity index (χ2v) is 5.30. The van der Waals surface area contributed by atoms with E-state index < -0.39 is 0 Å². The highest BCUT2D eigenvalue weighted by Crippen LogP contribution is 2.27. The molecule has 1 saturated heterocycles. The smallest absolute Gasteiger partial charge is 0.123 e. The third-order valence-electron chi connectivity index (χ3n) is 4.03. The summed E-state index contributed by atoms with van der Waals surface area (Å²) in [6, 6.07) is 8.73. The quantitative estimate of drug-likeness (QED) is 0.827. The summed E-state index contributed by atoms with van der Waals surface area (Å²) in [6.45, 7) is 5.67. The van der Waals surface area contributed by atoms with Crippen molar-refractivity contribution in [3.05, 3.63) is 29.8 Å². The van der Waals surface area contributed by atoms with E-state index in [9.17, 15) is 0 Å². The number of hydrogen-bond donors (Lipinski definition) is 2. The topological polar surface area (TPSA) is 33.3 Å². The fourth-order valence-electron chi connectivity index (χ4n) is 2.82. The second-order valence-electron chi connectivity index (χ2n) is 5.30. The summed E-state index contributed by atoms with van der Waals surface area (Å²) in [5, 5.41) is 7.14. The fraction of sp³-hybridized carbons (Fsp3) is 0.625. The molecule has 0 amide bonds. The Hall–Kier alpha value is -1.06. The Bertz CT molecular complexity index is 375. The summed E-state index contributed by atoms with van der Waals surface area (Å²) < 4.78 is 5.47. The summed E-state index contributed by atoms with van der Waals surface area (Å²) in [5.41, 5.74) is 1.28. The number of ether oxygens (including phenoxy) is 1. The number of piperidine rings is 1. The highest BCUT2D eigenvalue weighted by atomic mass is 16.5. The van der Waals surface area contributed by atoms with E-state index in [2.05, 4.69) is 29.7 Å². The fourth-order valence-corrected chi connectivity index (χ4v) is 2.82. The van der Waals surface area contributed by atoms with E-state index in [1.165, 1.54) is 18.4 Å². The maximum absolute atomic E-state index is 5.47. The lowest BCUT2D eigenvalue weighted by Gasteiger charge is -2.26. The normalized spacial score (nSPS) is 18.2. The van der Waals surface area contributed by atoms with Gasteiger partial charge in [0.2, 0.25) is 0 Å². The van der Waals surface area contributed by atoms with Gasteiger partial charge in [0.15, 0.2) is 0 Å². The van der Waals surface area contributed by atoms with Crippen LogP contribution in [0.4, 0.5) is 0 Å². The van der Waals surface area contributed by atoms with Crippen LogP contribution in [-0.2, 0) is 0 Å². The first-order valence-electron chi connectivity index (χ1n) is 7.42. The number of para-hydroxylation sites is 1. The standard InChI is InChI=1S/C16H26N2O/c1-3-15(14-6-4-5-7-16(14)19-2)18-12-13-8-10-17-11-9-13/h4-7,13,15,17-18H,3,8-12H2,1-2H3. The van der Waals surface area contributed by atoms with Crippen LogP contribution in [0.5, 0.6) is 5.75 Å². The molecule has 1 heterocycles. The number of hydrogen-bond acceptors (Lipinski definition) is 3. The maximum atomic E-state index is 5.47. The van der Waals surface area contributed by atoms with Gasteiger partial charge in [-0.1, -0.05) is 25.1 Å². The van der Waals surface area contributed by atoms with Crippen LogP contribution >= 0.6 is 0 Å². The van der Waals surface area contributed by atoms with Crippen LogP contribution in [0, 0.1) is 5.92 Å². The van der Waals surface area contributed by atoms with E-state index in [1.807, 2.05) is 12.1 Å². The number of nitrogens with one attached hydrogen (secondary N) is 2. The predicted octanol–water partition coefficient (Wildman–Crippen LogP) is 2.74. The maximum Gasteiger partial charge on any atom is 0.123 e. The minimum absolute atomic E-state index is 0.394. The van der Waals surface area contributed by atoms with Gasteiger partial charge in [-0.05, 0) is 50.9 Å². The van der Waals surface area contributed by atoms with Gasteiger partial charge in [0.1, 0.15) is 5.75 Å². The predicted molar refractivity (Wildman–Crippen MR) is 79.6 cm³/mol. The zero-order valence-electron chi connectivity index (χ0n) is 12.1. The van der Waals surface area contributed by atoms with Crippen LogP contribution in [-0.4, -0.2) is 26.7 Å². The van der Waals surface area contributed by atoms with Crippen LogP contribution in [0.25, 0.3) is 0 Å². The average molecular weight is 262 g/mol. The van der Waals surface area contributed by atoms with Crippen LogP contribution in [0.3, 0.4) is 0 Å². The first-order valence-corrected chi connectivity index (χ1v) is 7.42. The van der Waals surface area contributed by atoms with Crippen molar-refractivity contribution in [2.75, 3.05) is 26.7 Å². The van der Waals surface area contributed by atoms with Crippen molar-refractivity contribution in [1.29, 1.82) is 0 Å². The monoisotopic (exact) mass is 262 g/mol. The Kier molecular flexibility index (Phi) is 5.67. The summed E-state index contributed by atoms with van der Waals surface area (Å²) in [6.07, 6.45) is 3.66. The van der Waals surface area contributed by atoms with Gasteiger partial charge in [-0.3, -0.25) is 0 Å². The highest BCUT2D eigenvalue weighted by molar-refractivity contribution is 5.35. The van der Waals surface area contributed by atoms with Crippen LogP contribution in [0.1, 0.15) is 37.8 Å². The molecule has 1 fully saturated rings. The van der Waals surface area contributed by atoms with E-state index in [-0.39, 0.29) is 0 Å². The van der Waals surface area contributed by atoms with E-state index in [4.69, 9.17) is 4.74 Å². The molecule has 1 aliphatic rings. The molecule has 0 spiro atoms. The Morgan fingerprint density at radius 1 is 1.32 bits per heavy atom. The summed E-state index contributed by atoms with van der Waals surface area (Å²) in [7, 11) is 1.75. The molecule has 1 unspecified atom stereocenters. The first kappa shape index (κ1) is 14.4. The minimum Gasteiger partial charge on any atom is -0.496 e. The Morgan fingerprint density at radius 3 is 2.74 bits per heavy atom. The van der Waals surface area contributed by atoms with E-state index in [0.29, 0.717) is 6.04 Å². The molecule has 3 nitrogen and oxygen atoms in total. The molecule has 0 saturated carbocycles. The Labute approximate surface area is 116 Å². The Balaban J connectivity index is 1.95. The molecule has 1 aromatic rings. The lowest BCUT2D eigenvalue weighted by atomic mass is 9.96. The van der Waals surface area contributed by atoms with Crippen molar-refractivity contribution < 1.29 is 4.74 Å².